The van der Waals surface area contributed by atoms with E-state index < -0.39 is 11.6 Å². The standard InChI is InChI=1S/C22H22F2N8/c23-14-3-4-18(24)16(10-14)20-2-1-8-30(20)21-6-9-31-22(27-21)17(12-26-31)19-13-32(29-28-19)15-5-7-25-11-15/h3-4,6,9-10,12-13,15,20,25H,1-2,5,7-8,11H2. The van der Waals surface area contributed by atoms with Gasteiger partial charge in [0.25, 0.3) is 0 Å². The highest BCUT2D eigenvalue weighted by Crippen LogP contribution is 2.37. The van der Waals surface area contributed by atoms with Crippen molar-refractivity contribution in [1.82, 2.24) is 34.9 Å². The number of halogens is 2. The van der Waals surface area contributed by atoms with Gasteiger partial charge in [-0.15, -0.1) is 5.10 Å². The Bertz CT molecular complexity index is 1280. The van der Waals surface area contributed by atoms with Crippen LogP contribution in [-0.4, -0.2) is 49.2 Å². The van der Waals surface area contributed by atoms with Crippen molar-refractivity contribution in [1.29, 1.82) is 0 Å². The molecular weight excluding hydrogens is 414 g/mol. The van der Waals surface area contributed by atoms with E-state index in [2.05, 4.69) is 20.7 Å². The Labute approximate surface area is 182 Å². The molecule has 2 saturated heterocycles. The van der Waals surface area contributed by atoms with Gasteiger partial charge in [-0.25, -0.2) is 23.0 Å². The SMILES string of the molecule is Fc1ccc(F)c(C2CCCN2c2ccn3ncc(-c4cn(C5CCNC5)nn4)c3n2)c1. The summed E-state index contributed by atoms with van der Waals surface area (Å²) in [4.78, 5) is 6.89. The molecule has 8 nitrogen and oxygen atoms in total. The third-order valence-corrected chi connectivity index (χ3v) is 6.41. The van der Waals surface area contributed by atoms with Crippen LogP contribution in [0.5, 0.6) is 0 Å². The number of aromatic nitrogens is 6. The molecule has 0 radical (unpaired) electrons. The van der Waals surface area contributed by atoms with Crippen LogP contribution in [0.4, 0.5) is 14.6 Å². The molecule has 6 rings (SSSR count). The Morgan fingerprint density at radius 1 is 1.12 bits per heavy atom. The summed E-state index contributed by atoms with van der Waals surface area (Å²) in [6.45, 7) is 2.58. The number of hydrogen-bond acceptors (Lipinski definition) is 6. The van der Waals surface area contributed by atoms with Crippen molar-refractivity contribution in [2.45, 2.75) is 31.3 Å². The smallest absolute Gasteiger partial charge is 0.166 e. The van der Waals surface area contributed by atoms with E-state index in [1.165, 1.54) is 12.1 Å². The first kappa shape index (κ1) is 19.3. The number of nitrogens with zero attached hydrogens (tertiary/aromatic N) is 7. The molecule has 0 aliphatic carbocycles. The normalized spacial score (nSPS) is 21.1. The van der Waals surface area contributed by atoms with Crippen LogP contribution < -0.4 is 10.2 Å². The van der Waals surface area contributed by atoms with Crippen molar-refractivity contribution in [2.24, 2.45) is 0 Å². The predicted molar refractivity (Wildman–Crippen MR) is 114 cm³/mol. The molecule has 2 aliphatic rings. The van der Waals surface area contributed by atoms with Crippen LogP contribution in [0.1, 0.15) is 36.9 Å². The van der Waals surface area contributed by atoms with Gasteiger partial charge in [-0.3, -0.25) is 0 Å². The molecule has 2 atom stereocenters. The summed E-state index contributed by atoms with van der Waals surface area (Å²) in [6.07, 6.45) is 8.15. The number of rotatable bonds is 4. The monoisotopic (exact) mass is 436 g/mol. The van der Waals surface area contributed by atoms with Crippen molar-refractivity contribution in [2.75, 3.05) is 24.5 Å². The third-order valence-electron chi connectivity index (χ3n) is 6.41. The lowest BCUT2D eigenvalue weighted by Crippen LogP contribution is -2.24. The van der Waals surface area contributed by atoms with E-state index in [4.69, 9.17) is 4.98 Å². The number of nitrogens with one attached hydrogen (secondary N) is 1. The predicted octanol–water partition coefficient (Wildman–Crippen LogP) is 3.14. The second-order valence-corrected chi connectivity index (χ2v) is 8.36. The molecule has 0 bridgehead atoms. The van der Waals surface area contributed by atoms with Crippen LogP contribution in [0.15, 0.2) is 42.9 Å². The Kier molecular flexibility index (Phi) is 4.60. The minimum atomic E-state index is -0.435. The molecule has 5 heterocycles. The number of fused-ring (bicyclic) bond motifs is 1. The van der Waals surface area contributed by atoms with E-state index in [0.717, 1.165) is 50.5 Å². The lowest BCUT2D eigenvalue weighted by atomic mass is 10.0. The Hall–Kier alpha value is -3.40. The molecule has 164 valence electrons. The Balaban J connectivity index is 1.36. The van der Waals surface area contributed by atoms with Crippen molar-refractivity contribution in [3.05, 3.63) is 60.1 Å². The van der Waals surface area contributed by atoms with Crippen LogP contribution >= 0.6 is 0 Å². The molecular formula is C22H22F2N8. The average Bonchev–Trinajstić information content (AvgIpc) is 3.60. The van der Waals surface area contributed by atoms with E-state index in [1.54, 1.807) is 10.7 Å². The lowest BCUT2D eigenvalue weighted by Gasteiger charge is -2.26. The van der Waals surface area contributed by atoms with Gasteiger partial charge in [0.1, 0.15) is 23.1 Å². The minimum absolute atomic E-state index is 0.261. The van der Waals surface area contributed by atoms with E-state index in [0.29, 0.717) is 28.8 Å². The quantitative estimate of drug-likeness (QED) is 0.530. The van der Waals surface area contributed by atoms with Gasteiger partial charge in [0.15, 0.2) is 5.65 Å². The molecule has 4 aromatic rings. The fourth-order valence-corrected chi connectivity index (χ4v) is 4.78. The number of benzene rings is 1. The Morgan fingerprint density at radius 2 is 2.06 bits per heavy atom. The molecule has 2 fully saturated rings. The van der Waals surface area contributed by atoms with E-state index >= 15 is 0 Å². The highest BCUT2D eigenvalue weighted by molar-refractivity contribution is 5.74. The van der Waals surface area contributed by atoms with Gasteiger partial charge in [-0.05, 0) is 50.1 Å². The lowest BCUT2D eigenvalue weighted by molar-refractivity contribution is 0.476. The maximum Gasteiger partial charge on any atom is 0.166 e. The van der Waals surface area contributed by atoms with Crippen LogP contribution in [0.2, 0.25) is 0 Å². The van der Waals surface area contributed by atoms with E-state index in [-0.39, 0.29) is 6.04 Å². The summed E-state index contributed by atoms with van der Waals surface area (Å²) in [7, 11) is 0. The molecule has 3 aromatic heterocycles. The maximum atomic E-state index is 14.5. The van der Waals surface area contributed by atoms with Crippen LogP contribution in [0, 0.1) is 11.6 Å². The fourth-order valence-electron chi connectivity index (χ4n) is 4.78. The summed E-state index contributed by atoms with van der Waals surface area (Å²) in [5.41, 5.74) is 2.53. The molecule has 32 heavy (non-hydrogen) atoms. The summed E-state index contributed by atoms with van der Waals surface area (Å²) >= 11 is 0. The number of hydrogen-bond donors (Lipinski definition) is 1. The fraction of sp³-hybridized carbons (Fsp3) is 0.364. The van der Waals surface area contributed by atoms with Crippen LogP contribution in [-0.2, 0) is 0 Å². The third kappa shape index (κ3) is 3.22. The van der Waals surface area contributed by atoms with Crippen molar-refractivity contribution >= 4 is 11.5 Å². The molecule has 1 N–H and O–H groups in total. The average molecular weight is 436 g/mol. The summed E-state index contributed by atoms with van der Waals surface area (Å²) in [6, 6.07) is 5.53. The van der Waals surface area contributed by atoms with Gasteiger partial charge in [-0.1, -0.05) is 5.21 Å². The largest absolute Gasteiger partial charge is 0.349 e. The van der Waals surface area contributed by atoms with Gasteiger partial charge in [-0.2, -0.15) is 5.10 Å². The second kappa shape index (κ2) is 7.63. The van der Waals surface area contributed by atoms with Crippen molar-refractivity contribution in [3.8, 4) is 11.3 Å². The highest BCUT2D eigenvalue weighted by Gasteiger charge is 2.30. The van der Waals surface area contributed by atoms with Crippen molar-refractivity contribution < 1.29 is 8.78 Å². The first-order valence-corrected chi connectivity index (χ1v) is 10.9. The zero-order chi connectivity index (χ0) is 21.7. The van der Waals surface area contributed by atoms with Gasteiger partial charge in [0, 0.05) is 24.8 Å². The molecule has 0 spiro atoms. The van der Waals surface area contributed by atoms with Crippen molar-refractivity contribution in [3.63, 3.8) is 0 Å². The number of anilines is 1. The maximum absolute atomic E-state index is 14.5. The zero-order valence-corrected chi connectivity index (χ0v) is 17.3. The topological polar surface area (TPSA) is 76.2 Å². The van der Waals surface area contributed by atoms with E-state index in [1.807, 2.05) is 28.0 Å². The summed E-state index contributed by atoms with van der Waals surface area (Å²) in [5.74, 6) is -0.125. The summed E-state index contributed by atoms with van der Waals surface area (Å²) in [5, 5.41) is 16.4. The molecule has 2 aliphatic heterocycles. The van der Waals surface area contributed by atoms with Crippen LogP contribution in [0.3, 0.4) is 0 Å². The molecule has 2 unspecified atom stereocenters. The first-order chi connectivity index (χ1) is 15.7. The molecule has 10 heteroatoms. The van der Waals surface area contributed by atoms with Crippen LogP contribution in [0.25, 0.3) is 16.9 Å². The molecule has 0 amide bonds. The zero-order valence-electron chi connectivity index (χ0n) is 17.3. The first-order valence-electron chi connectivity index (χ1n) is 10.9. The molecule has 0 saturated carbocycles. The molecule has 1 aromatic carbocycles. The highest BCUT2D eigenvalue weighted by atomic mass is 19.1. The van der Waals surface area contributed by atoms with Gasteiger partial charge < -0.3 is 10.2 Å². The van der Waals surface area contributed by atoms with E-state index in [9.17, 15) is 8.78 Å². The minimum Gasteiger partial charge on any atom is -0.349 e. The summed E-state index contributed by atoms with van der Waals surface area (Å²) < 4.78 is 31.9. The Morgan fingerprint density at radius 3 is 2.94 bits per heavy atom. The second-order valence-electron chi connectivity index (χ2n) is 8.36. The van der Waals surface area contributed by atoms with Gasteiger partial charge >= 0.3 is 0 Å². The van der Waals surface area contributed by atoms with Gasteiger partial charge in [0.05, 0.1) is 30.0 Å². The van der Waals surface area contributed by atoms with Gasteiger partial charge in [0.2, 0.25) is 0 Å².